The number of aryl methyl sites for hydroxylation is 1. The zero-order chi connectivity index (χ0) is 18.5. The summed E-state index contributed by atoms with van der Waals surface area (Å²) < 4.78 is 0. The van der Waals surface area contributed by atoms with Crippen LogP contribution in [-0.2, 0) is 6.42 Å². The zero-order valence-corrected chi connectivity index (χ0v) is 15.4. The second-order valence-corrected chi connectivity index (χ2v) is 6.83. The third-order valence-electron chi connectivity index (χ3n) is 4.59. The molecule has 5 heteroatoms. The molecule has 2 amide bonds. The van der Waals surface area contributed by atoms with Crippen molar-refractivity contribution in [2.45, 2.75) is 12.8 Å². The lowest BCUT2D eigenvalue weighted by molar-refractivity contribution is 0.0947. The Balaban J connectivity index is 1.69. The number of rotatable bonds is 5. The molecule has 2 aromatic rings. The molecule has 5 nitrogen and oxygen atoms in total. The maximum Gasteiger partial charge on any atom is 0.258 e. The fraction of sp³-hybridized carbons (Fsp3) is 0.333. The summed E-state index contributed by atoms with van der Waals surface area (Å²) in [6, 6.07) is 15.0. The number of amides is 2. The van der Waals surface area contributed by atoms with Gasteiger partial charge in [0.05, 0.1) is 0 Å². The Bertz CT molecular complexity index is 784. The topological polar surface area (TPSA) is 52.7 Å². The second kappa shape index (κ2) is 8.15. The van der Waals surface area contributed by atoms with Gasteiger partial charge in [-0.05, 0) is 62.8 Å². The minimum Gasteiger partial charge on any atom is -0.351 e. The highest BCUT2D eigenvalue weighted by Crippen LogP contribution is 2.28. The SMILES string of the molecule is CN(C)CCNC(=O)c1ccc(C(=O)N2CCCc3ccccc32)cc1. The van der Waals surface area contributed by atoms with Crippen LogP contribution in [0.15, 0.2) is 48.5 Å². The van der Waals surface area contributed by atoms with Gasteiger partial charge in [0.2, 0.25) is 0 Å². The molecular formula is C21H25N3O2. The number of nitrogens with zero attached hydrogens (tertiary/aromatic N) is 2. The second-order valence-electron chi connectivity index (χ2n) is 6.83. The summed E-state index contributed by atoms with van der Waals surface area (Å²) >= 11 is 0. The van der Waals surface area contributed by atoms with Gasteiger partial charge in [0.15, 0.2) is 0 Å². The smallest absolute Gasteiger partial charge is 0.258 e. The van der Waals surface area contributed by atoms with E-state index in [2.05, 4.69) is 11.4 Å². The lowest BCUT2D eigenvalue weighted by Gasteiger charge is -2.29. The zero-order valence-electron chi connectivity index (χ0n) is 15.4. The fourth-order valence-corrected chi connectivity index (χ4v) is 3.16. The number of para-hydroxylation sites is 1. The Morgan fingerprint density at radius 1 is 1.04 bits per heavy atom. The van der Waals surface area contributed by atoms with E-state index in [1.54, 1.807) is 24.3 Å². The van der Waals surface area contributed by atoms with Crippen molar-refractivity contribution in [2.24, 2.45) is 0 Å². The molecule has 0 radical (unpaired) electrons. The lowest BCUT2D eigenvalue weighted by atomic mass is 10.0. The van der Waals surface area contributed by atoms with Gasteiger partial charge in [-0.2, -0.15) is 0 Å². The van der Waals surface area contributed by atoms with E-state index in [0.717, 1.165) is 31.6 Å². The Labute approximate surface area is 154 Å². The molecule has 0 saturated heterocycles. The van der Waals surface area contributed by atoms with Gasteiger partial charge in [-0.3, -0.25) is 9.59 Å². The van der Waals surface area contributed by atoms with Crippen molar-refractivity contribution in [1.29, 1.82) is 0 Å². The van der Waals surface area contributed by atoms with Crippen LogP contribution < -0.4 is 10.2 Å². The third-order valence-corrected chi connectivity index (χ3v) is 4.59. The molecule has 0 aliphatic carbocycles. The minimum absolute atomic E-state index is 0.0169. The monoisotopic (exact) mass is 351 g/mol. The van der Waals surface area contributed by atoms with Gasteiger partial charge in [0, 0.05) is 36.4 Å². The number of nitrogens with one attached hydrogen (secondary N) is 1. The number of hydrogen-bond donors (Lipinski definition) is 1. The molecule has 0 atom stereocenters. The Hall–Kier alpha value is -2.66. The van der Waals surface area contributed by atoms with Gasteiger partial charge < -0.3 is 15.1 Å². The maximum absolute atomic E-state index is 12.9. The van der Waals surface area contributed by atoms with Crippen molar-refractivity contribution in [3.63, 3.8) is 0 Å². The lowest BCUT2D eigenvalue weighted by Crippen LogP contribution is -2.35. The van der Waals surface area contributed by atoms with E-state index in [-0.39, 0.29) is 11.8 Å². The van der Waals surface area contributed by atoms with E-state index in [4.69, 9.17) is 0 Å². The molecule has 0 spiro atoms. The quantitative estimate of drug-likeness (QED) is 0.901. The van der Waals surface area contributed by atoms with Crippen LogP contribution in [-0.4, -0.2) is 50.4 Å². The predicted molar refractivity (Wildman–Crippen MR) is 104 cm³/mol. The van der Waals surface area contributed by atoms with Gasteiger partial charge in [-0.1, -0.05) is 18.2 Å². The summed E-state index contributed by atoms with van der Waals surface area (Å²) in [6.45, 7) is 2.11. The van der Waals surface area contributed by atoms with Crippen LogP contribution in [0, 0.1) is 0 Å². The summed E-state index contributed by atoms with van der Waals surface area (Å²) in [6.07, 6.45) is 1.97. The highest BCUT2D eigenvalue weighted by Gasteiger charge is 2.23. The number of anilines is 1. The van der Waals surface area contributed by atoms with Crippen molar-refractivity contribution >= 4 is 17.5 Å². The van der Waals surface area contributed by atoms with E-state index in [0.29, 0.717) is 17.7 Å². The first-order valence-electron chi connectivity index (χ1n) is 8.99. The molecule has 1 heterocycles. The number of fused-ring (bicyclic) bond motifs is 1. The van der Waals surface area contributed by atoms with Crippen LogP contribution in [0.4, 0.5) is 5.69 Å². The molecular weight excluding hydrogens is 326 g/mol. The van der Waals surface area contributed by atoms with Gasteiger partial charge in [0.25, 0.3) is 11.8 Å². The summed E-state index contributed by atoms with van der Waals surface area (Å²) in [4.78, 5) is 28.9. The van der Waals surface area contributed by atoms with Crippen LogP contribution in [0.25, 0.3) is 0 Å². The summed E-state index contributed by atoms with van der Waals surface area (Å²) in [5.74, 6) is -0.133. The third kappa shape index (κ3) is 4.11. The average molecular weight is 351 g/mol. The van der Waals surface area contributed by atoms with Crippen molar-refractivity contribution in [2.75, 3.05) is 38.6 Å². The van der Waals surface area contributed by atoms with Gasteiger partial charge >= 0.3 is 0 Å². The molecule has 0 bridgehead atoms. The van der Waals surface area contributed by atoms with Crippen molar-refractivity contribution < 1.29 is 9.59 Å². The first kappa shape index (κ1) is 18.1. The van der Waals surface area contributed by atoms with E-state index in [1.165, 1.54) is 5.56 Å². The highest BCUT2D eigenvalue weighted by atomic mass is 16.2. The van der Waals surface area contributed by atoms with Crippen LogP contribution in [0.1, 0.15) is 32.7 Å². The molecule has 0 fully saturated rings. The molecule has 136 valence electrons. The number of likely N-dealkylation sites (N-methyl/N-ethyl adjacent to an activating group) is 1. The molecule has 1 N–H and O–H groups in total. The van der Waals surface area contributed by atoms with Gasteiger partial charge in [-0.25, -0.2) is 0 Å². The number of carbonyl (C=O) groups is 2. The normalized spacial score (nSPS) is 13.4. The average Bonchev–Trinajstić information content (AvgIpc) is 2.66. The van der Waals surface area contributed by atoms with Crippen LogP contribution in [0.5, 0.6) is 0 Å². The molecule has 0 aromatic heterocycles. The molecule has 0 unspecified atom stereocenters. The van der Waals surface area contributed by atoms with Crippen molar-refractivity contribution in [3.05, 3.63) is 65.2 Å². The summed E-state index contributed by atoms with van der Waals surface area (Å²) in [5, 5.41) is 2.88. The molecule has 1 aliphatic rings. The Morgan fingerprint density at radius 2 is 1.73 bits per heavy atom. The van der Waals surface area contributed by atoms with Crippen LogP contribution >= 0.6 is 0 Å². The maximum atomic E-state index is 12.9. The first-order valence-corrected chi connectivity index (χ1v) is 8.99. The van der Waals surface area contributed by atoms with E-state index in [9.17, 15) is 9.59 Å². The summed E-state index contributed by atoms with van der Waals surface area (Å²) in [5.41, 5.74) is 3.38. The summed E-state index contributed by atoms with van der Waals surface area (Å²) in [7, 11) is 3.93. The first-order chi connectivity index (χ1) is 12.6. The van der Waals surface area contributed by atoms with Crippen molar-refractivity contribution in [3.8, 4) is 0 Å². The van der Waals surface area contributed by atoms with E-state index >= 15 is 0 Å². The van der Waals surface area contributed by atoms with Crippen LogP contribution in [0.3, 0.4) is 0 Å². The fourth-order valence-electron chi connectivity index (χ4n) is 3.16. The largest absolute Gasteiger partial charge is 0.351 e. The Kier molecular flexibility index (Phi) is 5.68. The molecule has 1 aliphatic heterocycles. The number of hydrogen-bond acceptors (Lipinski definition) is 3. The van der Waals surface area contributed by atoms with E-state index in [1.807, 2.05) is 42.1 Å². The number of carbonyl (C=O) groups excluding carboxylic acids is 2. The predicted octanol–water partition coefficient (Wildman–Crippen LogP) is 2.57. The Morgan fingerprint density at radius 3 is 2.46 bits per heavy atom. The van der Waals surface area contributed by atoms with Gasteiger partial charge in [-0.15, -0.1) is 0 Å². The number of benzene rings is 2. The van der Waals surface area contributed by atoms with Gasteiger partial charge in [0.1, 0.15) is 0 Å². The highest BCUT2D eigenvalue weighted by molar-refractivity contribution is 6.07. The molecule has 2 aromatic carbocycles. The molecule has 26 heavy (non-hydrogen) atoms. The standard InChI is InChI=1S/C21H25N3O2/c1-23(2)15-13-22-20(25)17-9-11-18(12-10-17)21(26)24-14-5-7-16-6-3-4-8-19(16)24/h3-4,6,8-12H,5,7,13-15H2,1-2H3,(H,22,25). The molecule has 3 rings (SSSR count). The van der Waals surface area contributed by atoms with Crippen LogP contribution in [0.2, 0.25) is 0 Å². The molecule has 0 saturated carbocycles. The van der Waals surface area contributed by atoms with Crippen molar-refractivity contribution in [1.82, 2.24) is 10.2 Å². The van der Waals surface area contributed by atoms with E-state index < -0.39 is 0 Å². The minimum atomic E-state index is -0.117.